The molecule has 92 valence electrons. The van der Waals surface area contributed by atoms with Crippen molar-refractivity contribution in [3.8, 4) is 0 Å². The summed E-state index contributed by atoms with van der Waals surface area (Å²) in [6.07, 6.45) is 0. The van der Waals surface area contributed by atoms with Gasteiger partial charge in [-0.2, -0.15) is 0 Å². The van der Waals surface area contributed by atoms with Gasteiger partial charge in [0, 0.05) is 6.54 Å². The lowest BCUT2D eigenvalue weighted by Gasteiger charge is -2.06. The Morgan fingerprint density at radius 1 is 1.12 bits per heavy atom. The first kappa shape index (κ1) is 13.2. The number of benzene rings is 1. The predicted molar refractivity (Wildman–Crippen MR) is 65.1 cm³/mol. The Morgan fingerprint density at radius 3 is 2.35 bits per heavy atom. The first-order valence-electron chi connectivity index (χ1n) is 5.41. The van der Waals surface area contributed by atoms with Crippen LogP contribution in [0, 0.1) is 6.92 Å². The van der Waals surface area contributed by atoms with Crippen LogP contribution in [0.15, 0.2) is 24.3 Å². The summed E-state index contributed by atoms with van der Waals surface area (Å²) < 4.78 is 0. The van der Waals surface area contributed by atoms with Crippen LogP contribution in [0.5, 0.6) is 0 Å². The molecule has 0 saturated heterocycles. The van der Waals surface area contributed by atoms with Crippen LogP contribution in [0.4, 0.5) is 0 Å². The van der Waals surface area contributed by atoms with Crippen molar-refractivity contribution in [2.24, 2.45) is 5.73 Å². The molecule has 0 unspecified atom stereocenters. The molecule has 1 aromatic carbocycles. The third-order valence-electron chi connectivity index (χ3n) is 2.24. The van der Waals surface area contributed by atoms with Gasteiger partial charge >= 0.3 is 0 Å². The third kappa shape index (κ3) is 5.12. The Kier molecular flexibility index (Phi) is 5.16. The lowest BCUT2D eigenvalue weighted by molar-refractivity contribution is -0.125. The predicted octanol–water partition coefficient (Wildman–Crippen LogP) is -0.314. The maximum absolute atomic E-state index is 11.3. The van der Waals surface area contributed by atoms with E-state index in [9.17, 15) is 9.59 Å². The number of nitrogens with one attached hydrogen (secondary N) is 2. The van der Waals surface area contributed by atoms with Gasteiger partial charge in [0.15, 0.2) is 0 Å². The molecule has 0 heterocycles. The molecule has 0 bridgehead atoms. The van der Waals surface area contributed by atoms with Gasteiger partial charge in [-0.25, -0.2) is 0 Å². The normalized spacial score (nSPS) is 9.76. The molecular formula is C12H17N3O2. The van der Waals surface area contributed by atoms with Gasteiger partial charge in [-0.15, -0.1) is 0 Å². The van der Waals surface area contributed by atoms with Crippen LogP contribution in [-0.2, 0) is 16.1 Å². The Hall–Kier alpha value is -1.88. The van der Waals surface area contributed by atoms with Crippen molar-refractivity contribution in [3.05, 3.63) is 35.4 Å². The highest BCUT2D eigenvalue weighted by molar-refractivity contribution is 5.85. The lowest BCUT2D eigenvalue weighted by Crippen LogP contribution is -2.39. The van der Waals surface area contributed by atoms with E-state index in [2.05, 4.69) is 10.6 Å². The van der Waals surface area contributed by atoms with E-state index in [-0.39, 0.29) is 24.9 Å². The molecule has 1 aromatic rings. The topological polar surface area (TPSA) is 84.2 Å². The Morgan fingerprint density at radius 2 is 1.76 bits per heavy atom. The molecule has 2 amide bonds. The standard InChI is InChI=1S/C12H17N3O2/c1-9-2-4-10(5-3-9)7-14-12(17)8-15-11(16)6-13/h2-5H,6-8,13H2,1H3,(H,14,17)(H,15,16). The second-order valence-corrected chi connectivity index (χ2v) is 3.74. The lowest BCUT2D eigenvalue weighted by atomic mass is 10.1. The number of rotatable bonds is 5. The van der Waals surface area contributed by atoms with Crippen molar-refractivity contribution in [2.45, 2.75) is 13.5 Å². The first-order chi connectivity index (χ1) is 8.11. The molecule has 5 nitrogen and oxygen atoms in total. The highest BCUT2D eigenvalue weighted by Crippen LogP contribution is 2.02. The summed E-state index contributed by atoms with van der Waals surface area (Å²) in [5.41, 5.74) is 7.29. The monoisotopic (exact) mass is 235 g/mol. The number of carbonyl (C=O) groups is 2. The molecule has 1 rings (SSSR count). The summed E-state index contributed by atoms with van der Waals surface area (Å²) >= 11 is 0. The smallest absolute Gasteiger partial charge is 0.239 e. The molecular weight excluding hydrogens is 218 g/mol. The van der Waals surface area contributed by atoms with E-state index in [1.807, 2.05) is 31.2 Å². The number of aryl methyl sites for hydroxylation is 1. The largest absolute Gasteiger partial charge is 0.350 e. The fraction of sp³-hybridized carbons (Fsp3) is 0.333. The minimum absolute atomic E-state index is 0.0398. The van der Waals surface area contributed by atoms with Crippen molar-refractivity contribution in [2.75, 3.05) is 13.1 Å². The minimum Gasteiger partial charge on any atom is -0.350 e. The summed E-state index contributed by atoms with van der Waals surface area (Å²) in [7, 11) is 0. The van der Waals surface area contributed by atoms with Crippen LogP contribution in [0.3, 0.4) is 0 Å². The Bertz CT molecular complexity index is 387. The van der Waals surface area contributed by atoms with E-state index in [0.717, 1.165) is 5.56 Å². The maximum Gasteiger partial charge on any atom is 0.239 e. The molecule has 0 atom stereocenters. The Labute approximate surface area is 100 Å². The zero-order valence-electron chi connectivity index (χ0n) is 9.82. The van der Waals surface area contributed by atoms with E-state index in [1.54, 1.807) is 0 Å². The summed E-state index contributed by atoms with van der Waals surface area (Å²) in [6, 6.07) is 7.87. The van der Waals surface area contributed by atoms with Crippen molar-refractivity contribution >= 4 is 11.8 Å². The molecule has 4 N–H and O–H groups in total. The van der Waals surface area contributed by atoms with Crippen molar-refractivity contribution in [3.63, 3.8) is 0 Å². The van der Waals surface area contributed by atoms with Crippen LogP contribution in [0.1, 0.15) is 11.1 Å². The van der Waals surface area contributed by atoms with E-state index in [1.165, 1.54) is 5.56 Å². The molecule has 0 aliphatic heterocycles. The maximum atomic E-state index is 11.3. The second kappa shape index (κ2) is 6.65. The fourth-order valence-corrected chi connectivity index (χ4v) is 1.22. The van der Waals surface area contributed by atoms with Crippen molar-refractivity contribution in [1.82, 2.24) is 10.6 Å². The molecule has 0 aliphatic carbocycles. The molecule has 0 saturated carbocycles. The highest BCUT2D eigenvalue weighted by Gasteiger charge is 2.03. The average molecular weight is 235 g/mol. The van der Waals surface area contributed by atoms with E-state index < -0.39 is 0 Å². The summed E-state index contributed by atoms with van der Waals surface area (Å²) in [6.45, 7) is 2.31. The summed E-state index contributed by atoms with van der Waals surface area (Å²) in [5.74, 6) is -0.567. The molecule has 0 radical (unpaired) electrons. The fourth-order valence-electron chi connectivity index (χ4n) is 1.22. The SMILES string of the molecule is Cc1ccc(CNC(=O)CNC(=O)CN)cc1. The van der Waals surface area contributed by atoms with Gasteiger partial charge in [0.05, 0.1) is 13.1 Å². The average Bonchev–Trinajstić information content (AvgIpc) is 2.35. The van der Waals surface area contributed by atoms with E-state index >= 15 is 0 Å². The van der Waals surface area contributed by atoms with Gasteiger partial charge in [-0.3, -0.25) is 9.59 Å². The molecule has 0 aliphatic rings. The molecule has 5 heteroatoms. The van der Waals surface area contributed by atoms with E-state index in [0.29, 0.717) is 6.54 Å². The number of nitrogens with two attached hydrogens (primary N) is 1. The quantitative estimate of drug-likeness (QED) is 0.654. The van der Waals surface area contributed by atoms with Crippen LogP contribution < -0.4 is 16.4 Å². The number of amides is 2. The van der Waals surface area contributed by atoms with E-state index in [4.69, 9.17) is 5.73 Å². The minimum atomic E-state index is -0.338. The Balaban J connectivity index is 2.28. The van der Waals surface area contributed by atoms with Gasteiger partial charge < -0.3 is 16.4 Å². The number of hydrogen-bond donors (Lipinski definition) is 3. The molecule has 17 heavy (non-hydrogen) atoms. The van der Waals surface area contributed by atoms with Gasteiger partial charge in [0.25, 0.3) is 0 Å². The molecule has 0 fully saturated rings. The van der Waals surface area contributed by atoms with Crippen LogP contribution >= 0.6 is 0 Å². The molecule has 0 aromatic heterocycles. The molecule has 0 spiro atoms. The van der Waals surface area contributed by atoms with Crippen LogP contribution in [0.25, 0.3) is 0 Å². The summed E-state index contributed by atoms with van der Waals surface area (Å²) in [4.78, 5) is 22.1. The zero-order valence-corrected chi connectivity index (χ0v) is 9.82. The van der Waals surface area contributed by atoms with Crippen LogP contribution in [-0.4, -0.2) is 24.9 Å². The zero-order chi connectivity index (χ0) is 12.7. The van der Waals surface area contributed by atoms with Gasteiger partial charge in [0.1, 0.15) is 0 Å². The first-order valence-corrected chi connectivity index (χ1v) is 5.41. The highest BCUT2D eigenvalue weighted by atomic mass is 16.2. The summed E-state index contributed by atoms with van der Waals surface area (Å²) in [5, 5.41) is 5.10. The van der Waals surface area contributed by atoms with Crippen LogP contribution in [0.2, 0.25) is 0 Å². The van der Waals surface area contributed by atoms with Crippen molar-refractivity contribution < 1.29 is 9.59 Å². The number of hydrogen-bond acceptors (Lipinski definition) is 3. The van der Waals surface area contributed by atoms with Gasteiger partial charge in [-0.1, -0.05) is 29.8 Å². The van der Waals surface area contributed by atoms with Gasteiger partial charge in [0.2, 0.25) is 11.8 Å². The van der Waals surface area contributed by atoms with Crippen molar-refractivity contribution in [1.29, 1.82) is 0 Å². The third-order valence-corrected chi connectivity index (χ3v) is 2.24. The van der Waals surface area contributed by atoms with Gasteiger partial charge in [-0.05, 0) is 12.5 Å². The number of carbonyl (C=O) groups excluding carboxylic acids is 2. The second-order valence-electron chi connectivity index (χ2n) is 3.74.